The molecule has 1 aromatic heterocycles. The number of carbonyl (C=O) groups excluding carboxylic acids is 1. The summed E-state index contributed by atoms with van der Waals surface area (Å²) in [7, 11) is 0. The van der Waals surface area contributed by atoms with E-state index in [1.54, 1.807) is 17.5 Å². The third-order valence-corrected chi connectivity index (χ3v) is 4.17. The largest absolute Gasteiger partial charge is 0.352 e. The van der Waals surface area contributed by atoms with Gasteiger partial charge in [0.05, 0.1) is 6.42 Å². The van der Waals surface area contributed by atoms with Crippen LogP contribution in [0.3, 0.4) is 0 Å². The Kier molecular flexibility index (Phi) is 4.61. The summed E-state index contributed by atoms with van der Waals surface area (Å²) in [6.45, 7) is 0.515. The highest BCUT2D eigenvalue weighted by molar-refractivity contribution is 7.13. The fraction of sp³-hybridized carbons (Fsp3) is 0.111. The van der Waals surface area contributed by atoms with E-state index in [1.165, 1.54) is 0 Å². The van der Waals surface area contributed by atoms with E-state index in [-0.39, 0.29) is 5.91 Å². The Morgan fingerprint density at radius 1 is 1.05 bits per heavy atom. The minimum atomic E-state index is 0.0279. The first kappa shape index (κ1) is 14.5. The molecule has 0 saturated heterocycles. The second-order valence-electron chi connectivity index (χ2n) is 4.93. The quantitative estimate of drug-likeness (QED) is 0.781. The highest BCUT2D eigenvalue weighted by Crippen LogP contribution is 2.25. The summed E-state index contributed by atoms with van der Waals surface area (Å²) >= 11 is 1.60. The van der Waals surface area contributed by atoms with Crippen molar-refractivity contribution in [2.75, 3.05) is 0 Å². The van der Waals surface area contributed by atoms with Gasteiger partial charge in [-0.2, -0.15) is 0 Å². The minimum Gasteiger partial charge on any atom is -0.352 e. The van der Waals surface area contributed by atoms with E-state index in [1.807, 2.05) is 60.0 Å². The summed E-state index contributed by atoms with van der Waals surface area (Å²) in [5, 5.41) is 5.93. The molecule has 3 aromatic rings. The Balaban J connectivity index is 1.66. The van der Waals surface area contributed by atoms with Crippen molar-refractivity contribution in [2.45, 2.75) is 13.0 Å². The Labute approximate surface area is 133 Å². The molecule has 0 saturated carbocycles. The topological polar surface area (TPSA) is 42.0 Å². The van der Waals surface area contributed by atoms with Gasteiger partial charge in [0.1, 0.15) is 5.01 Å². The van der Waals surface area contributed by atoms with Gasteiger partial charge in [-0.1, -0.05) is 54.6 Å². The molecule has 0 radical (unpaired) electrons. The molecule has 3 nitrogen and oxygen atoms in total. The lowest BCUT2D eigenvalue weighted by Crippen LogP contribution is -2.24. The average molecular weight is 308 g/mol. The van der Waals surface area contributed by atoms with Crippen molar-refractivity contribution < 1.29 is 4.79 Å². The zero-order valence-corrected chi connectivity index (χ0v) is 12.8. The molecular weight excluding hydrogens is 292 g/mol. The molecule has 0 aliphatic rings. The van der Waals surface area contributed by atoms with Crippen LogP contribution in [0.2, 0.25) is 0 Å². The zero-order chi connectivity index (χ0) is 15.2. The summed E-state index contributed by atoms with van der Waals surface area (Å²) in [6.07, 6.45) is 2.20. The number of amides is 1. The average Bonchev–Trinajstić information content (AvgIpc) is 3.08. The lowest BCUT2D eigenvalue weighted by Gasteiger charge is -2.09. The summed E-state index contributed by atoms with van der Waals surface area (Å²) in [4.78, 5) is 16.4. The highest BCUT2D eigenvalue weighted by atomic mass is 32.1. The number of hydrogen-bond donors (Lipinski definition) is 1. The number of rotatable bonds is 5. The number of nitrogens with one attached hydrogen (secondary N) is 1. The molecule has 0 aliphatic carbocycles. The molecule has 22 heavy (non-hydrogen) atoms. The van der Waals surface area contributed by atoms with Gasteiger partial charge in [-0.25, -0.2) is 4.98 Å². The van der Waals surface area contributed by atoms with Crippen molar-refractivity contribution in [1.29, 1.82) is 0 Å². The van der Waals surface area contributed by atoms with Gasteiger partial charge in [-0.15, -0.1) is 11.3 Å². The number of nitrogens with zero attached hydrogens (tertiary/aromatic N) is 1. The maximum absolute atomic E-state index is 12.1. The predicted octanol–water partition coefficient (Wildman–Crippen LogP) is 3.67. The van der Waals surface area contributed by atoms with E-state index in [9.17, 15) is 4.79 Å². The number of carbonyl (C=O) groups is 1. The van der Waals surface area contributed by atoms with Crippen molar-refractivity contribution in [1.82, 2.24) is 10.3 Å². The van der Waals surface area contributed by atoms with Gasteiger partial charge in [0.15, 0.2) is 0 Å². The van der Waals surface area contributed by atoms with Crippen LogP contribution in [0.4, 0.5) is 0 Å². The molecule has 0 spiro atoms. The van der Waals surface area contributed by atoms with Crippen LogP contribution < -0.4 is 5.32 Å². The summed E-state index contributed by atoms with van der Waals surface area (Å²) < 4.78 is 0. The Hall–Kier alpha value is -2.46. The number of hydrogen-bond acceptors (Lipinski definition) is 3. The first-order chi connectivity index (χ1) is 10.8. The van der Waals surface area contributed by atoms with Gasteiger partial charge < -0.3 is 5.32 Å². The molecule has 1 amide bonds. The van der Waals surface area contributed by atoms with Gasteiger partial charge in [-0.05, 0) is 11.1 Å². The molecule has 4 heteroatoms. The van der Waals surface area contributed by atoms with Gasteiger partial charge >= 0.3 is 0 Å². The zero-order valence-electron chi connectivity index (χ0n) is 12.0. The molecule has 110 valence electrons. The fourth-order valence-electron chi connectivity index (χ4n) is 2.28. The molecular formula is C18H16N2OS. The SMILES string of the molecule is O=C(Cc1ccccc1)NCc1ccccc1-c1nccs1. The van der Waals surface area contributed by atoms with Crippen LogP contribution in [-0.4, -0.2) is 10.9 Å². The molecule has 2 aromatic carbocycles. The van der Waals surface area contributed by atoms with Crippen molar-refractivity contribution in [2.24, 2.45) is 0 Å². The lowest BCUT2D eigenvalue weighted by atomic mass is 10.1. The number of aromatic nitrogens is 1. The number of benzene rings is 2. The Bertz CT molecular complexity index is 739. The molecule has 0 atom stereocenters. The van der Waals surface area contributed by atoms with Gasteiger partial charge in [0.2, 0.25) is 5.91 Å². The van der Waals surface area contributed by atoms with Crippen LogP contribution in [0.5, 0.6) is 0 Å². The molecule has 0 unspecified atom stereocenters. The molecule has 3 rings (SSSR count). The van der Waals surface area contributed by atoms with E-state index in [0.29, 0.717) is 13.0 Å². The predicted molar refractivity (Wildman–Crippen MR) is 89.5 cm³/mol. The standard InChI is InChI=1S/C18H16N2OS/c21-17(12-14-6-2-1-3-7-14)20-13-15-8-4-5-9-16(15)18-19-10-11-22-18/h1-11H,12-13H2,(H,20,21). The van der Waals surface area contributed by atoms with Crippen LogP contribution in [-0.2, 0) is 17.8 Å². The molecule has 0 fully saturated rings. The van der Waals surface area contributed by atoms with E-state index in [2.05, 4.69) is 10.3 Å². The second-order valence-corrected chi connectivity index (χ2v) is 5.83. The monoisotopic (exact) mass is 308 g/mol. The van der Waals surface area contributed by atoms with Crippen LogP contribution in [0.25, 0.3) is 10.6 Å². The normalized spacial score (nSPS) is 10.4. The van der Waals surface area contributed by atoms with Crippen molar-refractivity contribution in [3.63, 3.8) is 0 Å². The van der Waals surface area contributed by atoms with Crippen molar-refractivity contribution in [3.05, 3.63) is 77.3 Å². The smallest absolute Gasteiger partial charge is 0.224 e. The Morgan fingerprint density at radius 2 is 1.82 bits per heavy atom. The third kappa shape index (κ3) is 3.59. The molecule has 0 bridgehead atoms. The summed E-state index contributed by atoms with van der Waals surface area (Å²) in [6, 6.07) is 17.8. The second kappa shape index (κ2) is 7.00. The first-order valence-corrected chi connectivity index (χ1v) is 7.99. The molecule has 0 aliphatic heterocycles. The van der Waals surface area contributed by atoms with Gasteiger partial charge in [0.25, 0.3) is 0 Å². The maximum Gasteiger partial charge on any atom is 0.224 e. The summed E-state index contributed by atoms with van der Waals surface area (Å²) in [5.74, 6) is 0.0279. The Morgan fingerprint density at radius 3 is 2.59 bits per heavy atom. The maximum atomic E-state index is 12.1. The number of thiazole rings is 1. The van der Waals surface area contributed by atoms with Gasteiger partial charge in [-0.3, -0.25) is 4.79 Å². The summed E-state index contributed by atoms with van der Waals surface area (Å²) in [5.41, 5.74) is 3.18. The minimum absolute atomic E-state index is 0.0279. The van der Waals surface area contributed by atoms with Crippen LogP contribution in [0.15, 0.2) is 66.2 Å². The fourth-order valence-corrected chi connectivity index (χ4v) is 2.98. The van der Waals surface area contributed by atoms with E-state index in [0.717, 1.165) is 21.7 Å². The third-order valence-electron chi connectivity index (χ3n) is 3.36. The van der Waals surface area contributed by atoms with Crippen molar-refractivity contribution in [3.8, 4) is 10.6 Å². The first-order valence-electron chi connectivity index (χ1n) is 7.11. The molecule has 1 N–H and O–H groups in total. The van der Waals surface area contributed by atoms with Gasteiger partial charge in [0, 0.05) is 23.7 Å². The van der Waals surface area contributed by atoms with E-state index in [4.69, 9.17) is 0 Å². The van der Waals surface area contributed by atoms with Crippen LogP contribution in [0, 0.1) is 0 Å². The van der Waals surface area contributed by atoms with E-state index >= 15 is 0 Å². The van der Waals surface area contributed by atoms with E-state index < -0.39 is 0 Å². The van der Waals surface area contributed by atoms with Crippen LogP contribution in [0.1, 0.15) is 11.1 Å². The van der Waals surface area contributed by atoms with Crippen molar-refractivity contribution >= 4 is 17.2 Å². The lowest BCUT2D eigenvalue weighted by molar-refractivity contribution is -0.120. The van der Waals surface area contributed by atoms with Crippen LogP contribution >= 0.6 is 11.3 Å². The molecule has 1 heterocycles. The highest BCUT2D eigenvalue weighted by Gasteiger charge is 2.08.